The monoisotopic (exact) mass is 279 g/mol. The van der Waals surface area contributed by atoms with Gasteiger partial charge in [-0.25, -0.2) is 4.79 Å². The van der Waals surface area contributed by atoms with Gasteiger partial charge in [-0.05, 0) is 25.5 Å². The van der Waals surface area contributed by atoms with Gasteiger partial charge in [0.2, 0.25) is 0 Å². The second kappa shape index (κ2) is 3.93. The smallest absolute Gasteiger partial charge is 0.355 e. The van der Waals surface area contributed by atoms with E-state index in [4.69, 9.17) is 4.74 Å². The molecule has 0 aromatic carbocycles. The Hall–Kier alpha value is -0.520. The van der Waals surface area contributed by atoms with Crippen LogP contribution in [-0.2, 0) is 4.74 Å². The van der Waals surface area contributed by atoms with Gasteiger partial charge in [-0.2, -0.15) is 0 Å². The van der Waals surface area contributed by atoms with Crippen molar-refractivity contribution in [3.63, 3.8) is 0 Å². The van der Waals surface area contributed by atoms with E-state index in [1.807, 2.05) is 19.2 Å². The summed E-state index contributed by atoms with van der Waals surface area (Å²) in [5.41, 5.74) is 1.57. The number of carbonyl (C=O) groups excluding carboxylic acids is 1. The second-order valence-electron chi connectivity index (χ2n) is 2.38. The summed E-state index contributed by atoms with van der Waals surface area (Å²) in [6.45, 7) is 4.11. The Morgan fingerprint density at radius 2 is 2.42 bits per heavy atom. The summed E-state index contributed by atoms with van der Waals surface area (Å²) < 4.78 is 6.62. The van der Waals surface area contributed by atoms with Crippen molar-refractivity contribution in [2.24, 2.45) is 0 Å². The molecule has 4 heteroatoms. The van der Waals surface area contributed by atoms with Crippen LogP contribution in [0.4, 0.5) is 0 Å². The summed E-state index contributed by atoms with van der Waals surface area (Å²) in [5.74, 6) is -0.255. The van der Waals surface area contributed by atoms with Crippen LogP contribution in [0.15, 0.2) is 12.3 Å². The van der Waals surface area contributed by atoms with Gasteiger partial charge in [-0.3, -0.25) is 2.78 Å². The van der Waals surface area contributed by atoms with E-state index < -0.39 is 0 Å². The number of rotatable bonds is 2. The van der Waals surface area contributed by atoms with Gasteiger partial charge in [0.1, 0.15) is 5.69 Å². The van der Waals surface area contributed by atoms with E-state index in [0.717, 1.165) is 5.56 Å². The molecule has 0 aliphatic heterocycles. The molecule has 0 saturated heterocycles. The standard InChI is InChI=1S/C8H10INO2/c1-3-12-8(11)7-6(2)4-5-10(7)9/h4-5H,3H2,1-2H3. The lowest BCUT2D eigenvalue weighted by atomic mass is 10.3. The maximum Gasteiger partial charge on any atom is 0.355 e. The van der Waals surface area contributed by atoms with Crippen molar-refractivity contribution in [3.8, 4) is 0 Å². The SMILES string of the molecule is CCOC(=O)c1c(C)ccn1I. The van der Waals surface area contributed by atoms with Crippen molar-refractivity contribution in [1.29, 1.82) is 0 Å². The first-order chi connectivity index (χ1) is 5.66. The Labute approximate surface area is 85.2 Å². The van der Waals surface area contributed by atoms with Crippen molar-refractivity contribution >= 4 is 28.8 Å². The minimum absolute atomic E-state index is 0.255. The molecule has 3 nitrogen and oxygen atoms in total. The molecule has 0 N–H and O–H groups in total. The number of halogens is 1. The molecule has 0 fully saturated rings. The first-order valence-corrected chi connectivity index (χ1v) is 4.64. The van der Waals surface area contributed by atoms with Crippen LogP contribution < -0.4 is 0 Å². The van der Waals surface area contributed by atoms with Gasteiger partial charge in [0.05, 0.1) is 29.5 Å². The zero-order valence-corrected chi connectivity index (χ0v) is 9.16. The molecule has 0 aliphatic carbocycles. The quantitative estimate of drug-likeness (QED) is 0.613. The summed E-state index contributed by atoms with van der Waals surface area (Å²) in [6, 6.07) is 1.89. The van der Waals surface area contributed by atoms with E-state index in [1.165, 1.54) is 0 Å². The fraction of sp³-hybridized carbons (Fsp3) is 0.375. The number of carbonyl (C=O) groups is 1. The Balaban J connectivity index is 2.93. The largest absolute Gasteiger partial charge is 0.461 e. The molecule has 0 aliphatic rings. The molecule has 1 aromatic heterocycles. The third-order valence-electron chi connectivity index (χ3n) is 1.51. The maximum absolute atomic E-state index is 11.3. The van der Waals surface area contributed by atoms with Crippen molar-refractivity contribution < 1.29 is 9.53 Å². The zero-order valence-electron chi connectivity index (χ0n) is 7.00. The van der Waals surface area contributed by atoms with Gasteiger partial charge in [-0.15, -0.1) is 0 Å². The van der Waals surface area contributed by atoms with Gasteiger partial charge >= 0.3 is 5.97 Å². The molecule has 12 heavy (non-hydrogen) atoms. The maximum atomic E-state index is 11.3. The average molecular weight is 279 g/mol. The van der Waals surface area contributed by atoms with Crippen LogP contribution in [0.3, 0.4) is 0 Å². The van der Waals surface area contributed by atoms with E-state index in [-0.39, 0.29) is 5.97 Å². The van der Waals surface area contributed by atoms with Crippen molar-refractivity contribution in [2.45, 2.75) is 13.8 Å². The van der Waals surface area contributed by atoms with Crippen LogP contribution in [0.1, 0.15) is 23.0 Å². The number of nitrogens with zero attached hydrogens (tertiary/aromatic N) is 1. The highest BCUT2D eigenvalue weighted by Crippen LogP contribution is 2.13. The summed E-state index contributed by atoms with van der Waals surface area (Å²) in [6.07, 6.45) is 1.84. The van der Waals surface area contributed by atoms with E-state index in [2.05, 4.69) is 22.9 Å². The normalized spacial score (nSPS) is 9.92. The molecule has 0 atom stereocenters. The van der Waals surface area contributed by atoms with Gasteiger partial charge < -0.3 is 4.74 Å². The third-order valence-corrected chi connectivity index (χ3v) is 2.32. The van der Waals surface area contributed by atoms with Crippen LogP contribution in [-0.4, -0.2) is 15.4 Å². The van der Waals surface area contributed by atoms with Crippen LogP contribution >= 0.6 is 22.9 Å². The molecule has 0 radical (unpaired) electrons. The fourth-order valence-corrected chi connectivity index (χ4v) is 1.69. The number of hydrogen-bond donors (Lipinski definition) is 0. The van der Waals surface area contributed by atoms with Crippen LogP contribution in [0.25, 0.3) is 0 Å². The number of hydrogen-bond acceptors (Lipinski definition) is 2. The lowest BCUT2D eigenvalue weighted by molar-refractivity contribution is 0.0519. The summed E-state index contributed by atoms with van der Waals surface area (Å²) >= 11 is 2.05. The fourth-order valence-electron chi connectivity index (χ4n) is 0.947. The Bertz CT molecular complexity index is 274. The molecule has 0 unspecified atom stereocenters. The highest BCUT2D eigenvalue weighted by molar-refractivity contribution is 14.1. The molecule has 1 heterocycles. The summed E-state index contributed by atoms with van der Waals surface area (Å²) in [4.78, 5) is 11.3. The van der Waals surface area contributed by atoms with Crippen molar-refractivity contribution in [3.05, 3.63) is 23.5 Å². The van der Waals surface area contributed by atoms with E-state index in [9.17, 15) is 4.79 Å². The van der Waals surface area contributed by atoms with Gasteiger partial charge in [0, 0.05) is 6.20 Å². The van der Waals surface area contributed by atoms with Gasteiger partial charge in [-0.1, -0.05) is 0 Å². The third kappa shape index (κ3) is 1.80. The molecule has 0 bridgehead atoms. The number of ether oxygens (including phenoxy) is 1. The number of aromatic nitrogens is 1. The minimum atomic E-state index is -0.255. The number of aryl methyl sites for hydroxylation is 1. The summed E-state index contributed by atoms with van der Waals surface area (Å²) in [5, 5.41) is 0. The van der Waals surface area contributed by atoms with Gasteiger partial charge in [0.15, 0.2) is 0 Å². The molecular formula is C8H10INO2. The Morgan fingerprint density at radius 3 is 2.83 bits per heavy atom. The highest BCUT2D eigenvalue weighted by Gasteiger charge is 2.13. The van der Waals surface area contributed by atoms with Crippen molar-refractivity contribution in [1.82, 2.24) is 2.78 Å². The molecule has 0 saturated carbocycles. The average Bonchev–Trinajstić information content (AvgIpc) is 2.32. The van der Waals surface area contributed by atoms with E-state index in [0.29, 0.717) is 12.3 Å². The first-order valence-electron chi connectivity index (χ1n) is 3.68. The molecule has 1 rings (SSSR count). The topological polar surface area (TPSA) is 31.2 Å². The zero-order chi connectivity index (χ0) is 9.14. The molecule has 0 amide bonds. The minimum Gasteiger partial charge on any atom is -0.461 e. The van der Waals surface area contributed by atoms with E-state index >= 15 is 0 Å². The Kier molecular flexibility index (Phi) is 3.13. The second-order valence-corrected chi connectivity index (χ2v) is 3.42. The predicted molar refractivity (Wildman–Crippen MR) is 54.5 cm³/mol. The van der Waals surface area contributed by atoms with Gasteiger partial charge in [0.25, 0.3) is 0 Å². The molecule has 0 spiro atoms. The predicted octanol–water partition coefficient (Wildman–Crippen LogP) is 2.17. The number of esters is 1. The molecule has 1 aromatic rings. The van der Waals surface area contributed by atoms with Crippen LogP contribution in [0, 0.1) is 6.92 Å². The first kappa shape index (κ1) is 9.57. The lowest BCUT2D eigenvalue weighted by Crippen LogP contribution is -2.08. The Morgan fingerprint density at radius 1 is 1.75 bits per heavy atom. The molecule has 66 valence electrons. The van der Waals surface area contributed by atoms with E-state index in [1.54, 1.807) is 9.70 Å². The highest BCUT2D eigenvalue weighted by atomic mass is 127. The molecular weight excluding hydrogens is 269 g/mol. The lowest BCUT2D eigenvalue weighted by Gasteiger charge is -2.02. The van der Waals surface area contributed by atoms with Crippen molar-refractivity contribution in [2.75, 3.05) is 6.61 Å². The van der Waals surface area contributed by atoms with Crippen LogP contribution in [0.5, 0.6) is 0 Å². The van der Waals surface area contributed by atoms with Crippen LogP contribution in [0.2, 0.25) is 0 Å². The summed E-state index contributed by atoms with van der Waals surface area (Å²) in [7, 11) is 0.